The molecule has 0 saturated heterocycles. The monoisotopic (exact) mass is 469 g/mol. The van der Waals surface area contributed by atoms with Crippen LogP contribution in [0.2, 0.25) is 0 Å². The fourth-order valence-electron chi connectivity index (χ4n) is 2.24. The molecule has 5 nitrogen and oxygen atoms in total. The molecule has 25 heavy (non-hydrogen) atoms. The lowest BCUT2D eigenvalue weighted by Crippen LogP contribution is -2.40. The van der Waals surface area contributed by atoms with Crippen molar-refractivity contribution in [1.29, 1.82) is 0 Å². The highest BCUT2D eigenvalue weighted by molar-refractivity contribution is 14.0. The second kappa shape index (κ2) is 11.5. The number of nitrogens with zero attached hydrogens (tertiary/aromatic N) is 2. The Morgan fingerprint density at radius 1 is 1.40 bits per heavy atom. The summed E-state index contributed by atoms with van der Waals surface area (Å²) in [6.45, 7) is -0.105. The van der Waals surface area contributed by atoms with E-state index >= 15 is 0 Å². The van der Waals surface area contributed by atoms with Crippen LogP contribution in [0.3, 0.4) is 0 Å². The Balaban J connectivity index is 0.00000312. The smallest absolute Gasteiger partial charge is 0.387 e. The van der Waals surface area contributed by atoms with Gasteiger partial charge in [-0.2, -0.15) is 8.78 Å². The van der Waals surface area contributed by atoms with Gasteiger partial charge in [-0.3, -0.25) is 4.99 Å². The van der Waals surface area contributed by atoms with Crippen LogP contribution in [0.15, 0.2) is 29.3 Å². The summed E-state index contributed by atoms with van der Waals surface area (Å²) >= 11 is 0. The molecule has 1 saturated carbocycles. The summed E-state index contributed by atoms with van der Waals surface area (Å²) < 4.78 is 34.5. The summed E-state index contributed by atoms with van der Waals surface area (Å²) in [4.78, 5) is 6.20. The molecule has 0 radical (unpaired) electrons. The molecule has 1 aliphatic rings. The lowest BCUT2D eigenvalue weighted by Gasteiger charge is -2.22. The van der Waals surface area contributed by atoms with E-state index in [2.05, 4.69) is 15.0 Å². The average molecular weight is 469 g/mol. The zero-order valence-corrected chi connectivity index (χ0v) is 16.9. The SMILES string of the molecule is CN=C(NCc1cccc(OC(F)F)c1)N(C)CCOCC1CC1.I. The third-order valence-electron chi connectivity index (χ3n) is 3.77. The van der Waals surface area contributed by atoms with Crippen LogP contribution in [0.4, 0.5) is 8.78 Å². The second-order valence-corrected chi connectivity index (χ2v) is 5.87. The number of halogens is 3. The molecule has 1 aliphatic carbocycles. The third-order valence-corrected chi connectivity index (χ3v) is 3.77. The summed E-state index contributed by atoms with van der Waals surface area (Å²) in [5.74, 6) is 1.64. The Morgan fingerprint density at radius 3 is 2.80 bits per heavy atom. The van der Waals surface area contributed by atoms with Crippen molar-refractivity contribution < 1.29 is 18.3 Å². The van der Waals surface area contributed by atoms with Crippen LogP contribution >= 0.6 is 24.0 Å². The van der Waals surface area contributed by atoms with E-state index in [1.54, 1.807) is 19.2 Å². The molecular formula is C17H26F2IN3O2. The predicted molar refractivity (Wildman–Crippen MR) is 105 cm³/mol. The third kappa shape index (κ3) is 8.66. The number of alkyl halides is 2. The van der Waals surface area contributed by atoms with E-state index in [1.165, 1.54) is 18.9 Å². The molecule has 1 fully saturated rings. The average Bonchev–Trinajstić information content (AvgIpc) is 3.36. The van der Waals surface area contributed by atoms with E-state index in [1.807, 2.05) is 18.0 Å². The maximum atomic E-state index is 12.3. The van der Waals surface area contributed by atoms with Crippen molar-refractivity contribution >= 4 is 29.9 Å². The molecule has 2 rings (SSSR count). The van der Waals surface area contributed by atoms with Crippen molar-refractivity contribution in [2.45, 2.75) is 26.0 Å². The van der Waals surface area contributed by atoms with Crippen LogP contribution in [-0.2, 0) is 11.3 Å². The Kier molecular flexibility index (Phi) is 10.0. The number of guanidine groups is 1. The molecule has 0 atom stereocenters. The number of hydrogen-bond donors (Lipinski definition) is 1. The van der Waals surface area contributed by atoms with E-state index in [-0.39, 0.29) is 29.7 Å². The first-order valence-corrected chi connectivity index (χ1v) is 8.11. The molecule has 0 spiro atoms. The molecule has 0 bridgehead atoms. The van der Waals surface area contributed by atoms with Crippen molar-refractivity contribution in [2.75, 3.05) is 33.9 Å². The van der Waals surface area contributed by atoms with Gasteiger partial charge in [-0.05, 0) is 36.5 Å². The van der Waals surface area contributed by atoms with Gasteiger partial charge in [-0.15, -0.1) is 24.0 Å². The van der Waals surface area contributed by atoms with Gasteiger partial charge in [0.05, 0.1) is 6.61 Å². The lowest BCUT2D eigenvalue weighted by atomic mass is 10.2. The van der Waals surface area contributed by atoms with E-state index < -0.39 is 6.61 Å². The van der Waals surface area contributed by atoms with E-state index in [9.17, 15) is 8.78 Å². The van der Waals surface area contributed by atoms with Gasteiger partial charge >= 0.3 is 6.61 Å². The minimum absolute atomic E-state index is 0. The highest BCUT2D eigenvalue weighted by Gasteiger charge is 2.21. The van der Waals surface area contributed by atoms with Crippen LogP contribution in [0.25, 0.3) is 0 Å². The van der Waals surface area contributed by atoms with Gasteiger partial charge in [0.15, 0.2) is 5.96 Å². The Bertz CT molecular complexity index is 542. The van der Waals surface area contributed by atoms with Gasteiger partial charge in [-0.1, -0.05) is 12.1 Å². The summed E-state index contributed by atoms with van der Waals surface area (Å²) in [5.41, 5.74) is 0.840. The minimum Gasteiger partial charge on any atom is -0.435 e. The summed E-state index contributed by atoms with van der Waals surface area (Å²) in [5, 5.41) is 3.21. The van der Waals surface area contributed by atoms with Gasteiger partial charge in [0, 0.05) is 33.8 Å². The number of likely N-dealkylation sites (N-methyl/N-ethyl adjacent to an activating group) is 1. The first-order valence-electron chi connectivity index (χ1n) is 8.11. The molecule has 1 N–H and O–H groups in total. The van der Waals surface area contributed by atoms with Gasteiger partial charge in [0.25, 0.3) is 0 Å². The van der Waals surface area contributed by atoms with Gasteiger partial charge < -0.3 is 19.7 Å². The van der Waals surface area contributed by atoms with E-state index in [0.717, 1.165) is 30.6 Å². The summed E-state index contributed by atoms with van der Waals surface area (Å²) in [6.07, 6.45) is 2.57. The standard InChI is InChI=1S/C17H25F2N3O2.HI/c1-20-17(22(2)8-9-23-12-13-6-7-13)21-11-14-4-3-5-15(10-14)24-16(18)19;/h3-5,10,13,16H,6-9,11-12H2,1-2H3,(H,20,21);1H. The fourth-order valence-corrected chi connectivity index (χ4v) is 2.24. The van der Waals surface area contributed by atoms with Gasteiger partial charge in [-0.25, -0.2) is 0 Å². The quantitative estimate of drug-likeness (QED) is 0.261. The molecule has 1 aromatic carbocycles. The van der Waals surface area contributed by atoms with E-state index in [4.69, 9.17) is 4.74 Å². The first kappa shape index (κ1) is 21.9. The normalized spacial score (nSPS) is 14.2. The highest BCUT2D eigenvalue weighted by Crippen LogP contribution is 2.28. The molecule has 8 heteroatoms. The zero-order valence-electron chi connectivity index (χ0n) is 14.6. The van der Waals surface area contributed by atoms with Crippen molar-refractivity contribution in [3.8, 4) is 5.75 Å². The van der Waals surface area contributed by atoms with Gasteiger partial charge in [0.2, 0.25) is 0 Å². The second-order valence-electron chi connectivity index (χ2n) is 5.87. The van der Waals surface area contributed by atoms with Crippen LogP contribution in [-0.4, -0.2) is 51.3 Å². The first-order chi connectivity index (χ1) is 11.6. The molecule has 0 heterocycles. The number of ether oxygens (including phenoxy) is 2. The topological polar surface area (TPSA) is 46.1 Å². The maximum absolute atomic E-state index is 12.3. The Morgan fingerprint density at radius 2 is 2.16 bits per heavy atom. The highest BCUT2D eigenvalue weighted by atomic mass is 127. The predicted octanol–water partition coefficient (Wildman–Crippen LogP) is 3.34. The summed E-state index contributed by atoms with van der Waals surface area (Å²) in [6, 6.07) is 6.63. The van der Waals surface area contributed by atoms with Gasteiger partial charge in [0.1, 0.15) is 5.75 Å². The number of aliphatic imine (C=N–C) groups is 1. The van der Waals surface area contributed by atoms with E-state index in [0.29, 0.717) is 13.2 Å². The van der Waals surface area contributed by atoms with Crippen molar-refractivity contribution in [3.05, 3.63) is 29.8 Å². The molecule has 0 unspecified atom stereocenters. The van der Waals surface area contributed by atoms with Crippen LogP contribution < -0.4 is 10.1 Å². The lowest BCUT2D eigenvalue weighted by molar-refractivity contribution is -0.0498. The van der Waals surface area contributed by atoms with Crippen molar-refractivity contribution in [2.24, 2.45) is 10.9 Å². The Labute approximate surface area is 164 Å². The van der Waals surface area contributed by atoms with Crippen molar-refractivity contribution in [1.82, 2.24) is 10.2 Å². The molecule has 142 valence electrons. The molecular weight excluding hydrogens is 443 g/mol. The molecule has 0 amide bonds. The van der Waals surface area contributed by atoms with Crippen LogP contribution in [0.5, 0.6) is 5.75 Å². The Hall–Kier alpha value is -1.16. The largest absolute Gasteiger partial charge is 0.435 e. The number of rotatable bonds is 9. The number of hydrogen-bond acceptors (Lipinski definition) is 3. The molecule has 1 aromatic rings. The minimum atomic E-state index is -2.82. The van der Waals surface area contributed by atoms with Crippen LogP contribution in [0, 0.1) is 5.92 Å². The van der Waals surface area contributed by atoms with Crippen molar-refractivity contribution in [3.63, 3.8) is 0 Å². The molecule has 0 aliphatic heterocycles. The number of benzene rings is 1. The molecule has 0 aromatic heterocycles. The maximum Gasteiger partial charge on any atom is 0.387 e. The summed E-state index contributed by atoms with van der Waals surface area (Å²) in [7, 11) is 3.65. The van der Waals surface area contributed by atoms with Crippen LogP contribution in [0.1, 0.15) is 18.4 Å². The fraction of sp³-hybridized carbons (Fsp3) is 0.588. The number of nitrogens with one attached hydrogen (secondary N) is 1. The zero-order chi connectivity index (χ0) is 17.4.